The van der Waals surface area contributed by atoms with Gasteiger partial charge in [0.15, 0.2) is 0 Å². The van der Waals surface area contributed by atoms with E-state index in [0.29, 0.717) is 13.1 Å². The number of aromatic nitrogens is 2. The van der Waals surface area contributed by atoms with Crippen molar-refractivity contribution in [1.82, 2.24) is 20.4 Å². The molecule has 0 spiro atoms. The molecule has 0 aliphatic carbocycles. The zero-order valence-electron chi connectivity index (χ0n) is 12.2. The van der Waals surface area contributed by atoms with Crippen LogP contribution in [0, 0.1) is 5.92 Å². The van der Waals surface area contributed by atoms with Gasteiger partial charge in [0, 0.05) is 25.2 Å². The fraction of sp³-hybridized carbons (Fsp3) is 0.615. The van der Waals surface area contributed by atoms with E-state index < -0.39 is 5.54 Å². The standard InChI is InChI=1S/C13H21BrN4O2/c1-9(2)11(19)15-5-6-16-12(20)13(3,4)18-8-10(14)7-17-18/h7-9H,5-6H2,1-4H3,(H,15,19)(H,16,20). The Labute approximate surface area is 127 Å². The van der Waals surface area contributed by atoms with Gasteiger partial charge in [0.05, 0.1) is 10.7 Å². The summed E-state index contributed by atoms with van der Waals surface area (Å²) in [5.74, 6) is -0.218. The van der Waals surface area contributed by atoms with E-state index >= 15 is 0 Å². The number of carbonyl (C=O) groups excluding carboxylic acids is 2. The van der Waals surface area contributed by atoms with E-state index in [2.05, 4.69) is 31.7 Å². The zero-order chi connectivity index (χ0) is 15.3. The molecule has 0 radical (unpaired) electrons. The summed E-state index contributed by atoms with van der Waals surface area (Å²) in [6.45, 7) is 8.03. The van der Waals surface area contributed by atoms with E-state index in [1.54, 1.807) is 30.9 Å². The van der Waals surface area contributed by atoms with Gasteiger partial charge in [-0.2, -0.15) is 5.10 Å². The van der Waals surface area contributed by atoms with Gasteiger partial charge in [-0.1, -0.05) is 13.8 Å². The summed E-state index contributed by atoms with van der Waals surface area (Å²) in [6, 6.07) is 0. The number of halogens is 1. The monoisotopic (exact) mass is 344 g/mol. The highest BCUT2D eigenvalue weighted by atomic mass is 79.9. The molecular weight excluding hydrogens is 324 g/mol. The van der Waals surface area contributed by atoms with Crippen LogP contribution in [0.15, 0.2) is 16.9 Å². The van der Waals surface area contributed by atoms with Crippen LogP contribution >= 0.6 is 15.9 Å². The van der Waals surface area contributed by atoms with Crippen molar-refractivity contribution < 1.29 is 9.59 Å². The van der Waals surface area contributed by atoms with Gasteiger partial charge in [0.2, 0.25) is 11.8 Å². The highest BCUT2D eigenvalue weighted by Gasteiger charge is 2.30. The molecule has 112 valence electrons. The normalized spacial score (nSPS) is 11.5. The highest BCUT2D eigenvalue weighted by molar-refractivity contribution is 9.10. The molecule has 0 atom stereocenters. The third-order valence-electron chi connectivity index (χ3n) is 2.91. The van der Waals surface area contributed by atoms with Gasteiger partial charge >= 0.3 is 0 Å². The molecule has 0 saturated heterocycles. The van der Waals surface area contributed by atoms with Gasteiger partial charge in [-0.05, 0) is 29.8 Å². The SMILES string of the molecule is CC(C)C(=O)NCCNC(=O)C(C)(C)n1cc(Br)cn1. The third kappa shape index (κ3) is 4.33. The molecule has 2 amide bonds. The van der Waals surface area contributed by atoms with Crippen LogP contribution in [-0.4, -0.2) is 34.7 Å². The molecule has 7 heteroatoms. The number of amides is 2. The summed E-state index contributed by atoms with van der Waals surface area (Å²) in [4.78, 5) is 23.5. The zero-order valence-corrected chi connectivity index (χ0v) is 13.8. The van der Waals surface area contributed by atoms with Crippen LogP contribution < -0.4 is 10.6 Å². The van der Waals surface area contributed by atoms with Crippen molar-refractivity contribution >= 4 is 27.7 Å². The summed E-state index contributed by atoms with van der Waals surface area (Å²) in [7, 11) is 0. The lowest BCUT2D eigenvalue weighted by Crippen LogP contribution is -2.47. The van der Waals surface area contributed by atoms with Crippen LogP contribution in [0.1, 0.15) is 27.7 Å². The van der Waals surface area contributed by atoms with E-state index in [-0.39, 0.29) is 17.7 Å². The van der Waals surface area contributed by atoms with Crippen molar-refractivity contribution in [2.45, 2.75) is 33.2 Å². The summed E-state index contributed by atoms with van der Waals surface area (Å²) in [6.07, 6.45) is 3.39. The molecule has 0 aliphatic rings. The Kier molecular flexibility index (Phi) is 5.74. The van der Waals surface area contributed by atoms with Crippen molar-refractivity contribution in [2.75, 3.05) is 13.1 Å². The molecule has 6 nitrogen and oxygen atoms in total. The molecule has 20 heavy (non-hydrogen) atoms. The quantitative estimate of drug-likeness (QED) is 0.763. The lowest BCUT2D eigenvalue weighted by Gasteiger charge is -2.24. The molecule has 0 saturated carbocycles. The minimum absolute atomic E-state index is 0.0190. The summed E-state index contributed by atoms with van der Waals surface area (Å²) in [5, 5.41) is 9.67. The Hall–Kier alpha value is -1.37. The predicted octanol–water partition coefficient (Wildman–Crippen LogP) is 1.27. The number of nitrogens with zero attached hydrogens (tertiary/aromatic N) is 2. The molecule has 1 aromatic heterocycles. The molecule has 0 fully saturated rings. The van der Waals surface area contributed by atoms with Crippen LogP contribution in [0.3, 0.4) is 0 Å². The van der Waals surface area contributed by atoms with Crippen LogP contribution in [0.4, 0.5) is 0 Å². The van der Waals surface area contributed by atoms with Crippen molar-refractivity contribution in [2.24, 2.45) is 5.92 Å². The first-order valence-corrected chi connectivity index (χ1v) is 7.31. The maximum absolute atomic E-state index is 12.2. The Morgan fingerprint density at radius 1 is 1.35 bits per heavy atom. The number of nitrogens with one attached hydrogen (secondary N) is 2. The summed E-state index contributed by atoms with van der Waals surface area (Å²) in [5.41, 5.74) is -0.784. The average Bonchev–Trinajstić information content (AvgIpc) is 2.81. The second-order valence-corrected chi connectivity index (χ2v) is 6.28. The molecular formula is C13H21BrN4O2. The number of hydrogen-bond donors (Lipinski definition) is 2. The summed E-state index contributed by atoms with van der Waals surface area (Å²) >= 11 is 3.30. The number of carbonyl (C=O) groups is 2. The fourth-order valence-electron chi connectivity index (χ4n) is 1.49. The molecule has 1 heterocycles. The highest BCUT2D eigenvalue weighted by Crippen LogP contribution is 2.17. The Bertz CT molecular complexity index is 482. The second-order valence-electron chi connectivity index (χ2n) is 5.36. The molecule has 1 aromatic rings. The second kappa shape index (κ2) is 6.88. The average molecular weight is 345 g/mol. The van der Waals surface area contributed by atoms with Gasteiger partial charge in [-0.3, -0.25) is 14.3 Å². The molecule has 0 unspecified atom stereocenters. The van der Waals surface area contributed by atoms with Crippen LogP contribution in [-0.2, 0) is 15.1 Å². The first kappa shape index (κ1) is 16.7. The Morgan fingerprint density at radius 3 is 2.45 bits per heavy atom. The maximum atomic E-state index is 12.2. The lowest BCUT2D eigenvalue weighted by molar-refractivity contribution is -0.129. The van der Waals surface area contributed by atoms with E-state index in [9.17, 15) is 9.59 Å². The predicted molar refractivity (Wildman–Crippen MR) is 80.1 cm³/mol. The summed E-state index contributed by atoms with van der Waals surface area (Å²) < 4.78 is 2.42. The molecule has 1 rings (SSSR count). The molecule has 0 aromatic carbocycles. The molecule has 0 bridgehead atoms. The number of rotatable bonds is 6. The van der Waals surface area contributed by atoms with Crippen LogP contribution in [0.5, 0.6) is 0 Å². The van der Waals surface area contributed by atoms with Crippen LogP contribution in [0.25, 0.3) is 0 Å². The largest absolute Gasteiger partial charge is 0.354 e. The van der Waals surface area contributed by atoms with E-state index in [0.717, 1.165) is 4.47 Å². The van der Waals surface area contributed by atoms with Crippen molar-refractivity contribution in [3.63, 3.8) is 0 Å². The van der Waals surface area contributed by atoms with Crippen molar-refractivity contribution in [1.29, 1.82) is 0 Å². The Morgan fingerprint density at radius 2 is 1.95 bits per heavy atom. The smallest absolute Gasteiger partial charge is 0.247 e. The Balaban J connectivity index is 2.44. The maximum Gasteiger partial charge on any atom is 0.247 e. The van der Waals surface area contributed by atoms with E-state index in [1.807, 2.05) is 13.8 Å². The van der Waals surface area contributed by atoms with Gasteiger partial charge in [0.1, 0.15) is 5.54 Å². The minimum atomic E-state index is -0.784. The first-order valence-electron chi connectivity index (χ1n) is 6.52. The first-order chi connectivity index (χ1) is 9.25. The van der Waals surface area contributed by atoms with Gasteiger partial charge in [-0.15, -0.1) is 0 Å². The van der Waals surface area contributed by atoms with Gasteiger partial charge in [0.25, 0.3) is 0 Å². The lowest BCUT2D eigenvalue weighted by atomic mass is 10.1. The van der Waals surface area contributed by atoms with Gasteiger partial charge in [-0.25, -0.2) is 0 Å². The topological polar surface area (TPSA) is 76.0 Å². The fourth-order valence-corrected chi connectivity index (χ4v) is 1.78. The van der Waals surface area contributed by atoms with Crippen molar-refractivity contribution in [3.05, 3.63) is 16.9 Å². The molecule has 0 aliphatic heterocycles. The van der Waals surface area contributed by atoms with E-state index in [1.165, 1.54) is 0 Å². The molecule has 2 N–H and O–H groups in total. The van der Waals surface area contributed by atoms with Gasteiger partial charge < -0.3 is 10.6 Å². The third-order valence-corrected chi connectivity index (χ3v) is 3.32. The van der Waals surface area contributed by atoms with Crippen molar-refractivity contribution in [3.8, 4) is 0 Å². The van der Waals surface area contributed by atoms with Crippen LogP contribution in [0.2, 0.25) is 0 Å². The van der Waals surface area contributed by atoms with E-state index in [4.69, 9.17) is 0 Å². The minimum Gasteiger partial charge on any atom is -0.354 e. The number of hydrogen-bond acceptors (Lipinski definition) is 3.